The quantitative estimate of drug-likeness (QED) is 0.609. The summed E-state index contributed by atoms with van der Waals surface area (Å²) < 4.78 is 6.25. The first-order chi connectivity index (χ1) is 10.7. The molecule has 2 aromatic rings. The van der Waals surface area contributed by atoms with E-state index in [-0.39, 0.29) is 11.9 Å². The zero-order chi connectivity index (χ0) is 15.8. The summed E-state index contributed by atoms with van der Waals surface area (Å²) in [6.45, 7) is 1.05. The third-order valence-corrected chi connectivity index (χ3v) is 3.10. The van der Waals surface area contributed by atoms with Crippen LogP contribution in [0, 0.1) is 0 Å². The highest BCUT2D eigenvalue weighted by Gasteiger charge is 2.06. The molecule has 22 heavy (non-hydrogen) atoms. The summed E-state index contributed by atoms with van der Waals surface area (Å²) in [6.07, 6.45) is 3.98. The third-order valence-electron chi connectivity index (χ3n) is 3.10. The van der Waals surface area contributed by atoms with Crippen molar-refractivity contribution in [2.24, 2.45) is 0 Å². The van der Waals surface area contributed by atoms with Crippen LogP contribution in [0.15, 0.2) is 36.9 Å². The molecule has 7 nitrogen and oxygen atoms in total. The first-order valence-electron chi connectivity index (χ1n) is 6.95. The van der Waals surface area contributed by atoms with E-state index in [2.05, 4.69) is 20.1 Å². The molecule has 1 N–H and O–H groups in total. The maximum Gasteiger partial charge on any atom is 0.305 e. The molecule has 0 aliphatic carbocycles. The second kappa shape index (κ2) is 7.92. The Morgan fingerprint density at radius 1 is 1.27 bits per heavy atom. The number of ether oxygens (including phenoxy) is 1. The van der Waals surface area contributed by atoms with Gasteiger partial charge in [-0.25, -0.2) is 9.67 Å². The van der Waals surface area contributed by atoms with Gasteiger partial charge in [-0.2, -0.15) is 5.10 Å². The van der Waals surface area contributed by atoms with Gasteiger partial charge in [0.2, 0.25) is 0 Å². The van der Waals surface area contributed by atoms with E-state index >= 15 is 0 Å². The van der Waals surface area contributed by atoms with Crippen molar-refractivity contribution in [2.45, 2.75) is 19.4 Å². The molecule has 0 radical (unpaired) electrons. The number of nitrogens with zero attached hydrogens (tertiary/aromatic N) is 3. The van der Waals surface area contributed by atoms with Crippen LogP contribution in [0.2, 0.25) is 0 Å². The van der Waals surface area contributed by atoms with Crippen molar-refractivity contribution in [3.63, 3.8) is 0 Å². The van der Waals surface area contributed by atoms with Crippen LogP contribution in [0.1, 0.15) is 28.8 Å². The van der Waals surface area contributed by atoms with Gasteiger partial charge in [0, 0.05) is 18.5 Å². The third kappa shape index (κ3) is 4.69. The van der Waals surface area contributed by atoms with Crippen molar-refractivity contribution in [1.82, 2.24) is 20.1 Å². The largest absolute Gasteiger partial charge is 0.469 e. The molecule has 1 heterocycles. The number of aromatic nitrogens is 3. The van der Waals surface area contributed by atoms with Gasteiger partial charge in [-0.05, 0) is 24.1 Å². The summed E-state index contributed by atoms with van der Waals surface area (Å²) in [7, 11) is 1.35. The second-order valence-corrected chi connectivity index (χ2v) is 4.73. The van der Waals surface area contributed by atoms with Gasteiger partial charge in [-0.15, -0.1) is 0 Å². The molecule has 116 valence electrons. The molecular weight excluding hydrogens is 284 g/mol. The molecule has 0 aliphatic rings. The van der Waals surface area contributed by atoms with Crippen molar-refractivity contribution in [3.8, 4) is 0 Å². The molecule has 0 aliphatic heterocycles. The molecule has 0 atom stereocenters. The lowest BCUT2D eigenvalue weighted by Crippen LogP contribution is -2.25. The van der Waals surface area contributed by atoms with Gasteiger partial charge in [0.05, 0.1) is 13.7 Å². The average molecular weight is 302 g/mol. The summed E-state index contributed by atoms with van der Waals surface area (Å²) in [5.74, 6) is -0.427. The van der Waals surface area contributed by atoms with Gasteiger partial charge < -0.3 is 10.1 Å². The van der Waals surface area contributed by atoms with Crippen molar-refractivity contribution < 1.29 is 14.3 Å². The number of rotatable bonds is 7. The predicted molar refractivity (Wildman–Crippen MR) is 79.1 cm³/mol. The zero-order valence-electron chi connectivity index (χ0n) is 12.4. The minimum Gasteiger partial charge on any atom is -0.469 e. The molecule has 0 saturated heterocycles. The number of amides is 1. The highest BCUT2D eigenvalue weighted by Crippen LogP contribution is 2.06. The molecular formula is C15H18N4O3. The van der Waals surface area contributed by atoms with E-state index in [4.69, 9.17) is 0 Å². The topological polar surface area (TPSA) is 86.1 Å². The first-order valence-corrected chi connectivity index (χ1v) is 6.95. The van der Waals surface area contributed by atoms with Crippen molar-refractivity contribution in [3.05, 3.63) is 48.0 Å². The molecule has 1 amide bonds. The Morgan fingerprint density at radius 3 is 2.68 bits per heavy atom. The summed E-state index contributed by atoms with van der Waals surface area (Å²) in [6, 6.07) is 7.29. The maximum absolute atomic E-state index is 11.9. The first kappa shape index (κ1) is 15.7. The van der Waals surface area contributed by atoms with E-state index < -0.39 is 0 Å². The SMILES string of the molecule is COC(=O)CCCNC(=O)c1ccc(Cn2cncn2)cc1. The van der Waals surface area contributed by atoms with Gasteiger partial charge in [-0.3, -0.25) is 9.59 Å². The van der Waals surface area contributed by atoms with Crippen LogP contribution in [-0.4, -0.2) is 40.3 Å². The number of esters is 1. The normalized spacial score (nSPS) is 10.2. The Balaban J connectivity index is 1.79. The Hall–Kier alpha value is -2.70. The summed E-state index contributed by atoms with van der Waals surface area (Å²) in [5.41, 5.74) is 1.62. The lowest BCUT2D eigenvalue weighted by atomic mass is 10.1. The standard InChI is InChI=1S/C15H18N4O3/c1-22-14(20)3-2-8-17-15(21)13-6-4-12(5-7-13)9-19-11-16-10-18-19/h4-7,10-11H,2-3,8-9H2,1H3,(H,17,21). The smallest absolute Gasteiger partial charge is 0.305 e. The number of carbonyl (C=O) groups excluding carboxylic acids is 2. The molecule has 0 bridgehead atoms. The predicted octanol–water partition coefficient (Wildman–Crippen LogP) is 1.01. The van der Waals surface area contributed by atoms with Crippen LogP contribution < -0.4 is 5.32 Å². The maximum atomic E-state index is 11.9. The highest BCUT2D eigenvalue weighted by atomic mass is 16.5. The molecule has 0 spiro atoms. The number of carbonyl (C=O) groups is 2. The van der Waals surface area contributed by atoms with Crippen LogP contribution in [-0.2, 0) is 16.1 Å². The van der Waals surface area contributed by atoms with Gasteiger partial charge in [0.15, 0.2) is 0 Å². The summed E-state index contributed by atoms with van der Waals surface area (Å²) >= 11 is 0. The van der Waals surface area contributed by atoms with Crippen LogP contribution in [0.3, 0.4) is 0 Å². The lowest BCUT2D eigenvalue weighted by Gasteiger charge is -2.06. The zero-order valence-corrected chi connectivity index (χ0v) is 12.4. The minimum atomic E-state index is -0.272. The number of nitrogens with one attached hydrogen (secondary N) is 1. The number of hydrogen-bond donors (Lipinski definition) is 1. The van der Waals surface area contributed by atoms with Gasteiger partial charge >= 0.3 is 5.97 Å². The monoisotopic (exact) mass is 302 g/mol. The Labute approximate surface area is 128 Å². The fourth-order valence-electron chi connectivity index (χ4n) is 1.90. The molecule has 0 saturated carbocycles. The second-order valence-electron chi connectivity index (χ2n) is 4.73. The van der Waals surface area contributed by atoms with Crippen LogP contribution in [0.5, 0.6) is 0 Å². The van der Waals surface area contributed by atoms with Crippen molar-refractivity contribution in [2.75, 3.05) is 13.7 Å². The van der Waals surface area contributed by atoms with E-state index in [1.807, 2.05) is 12.1 Å². The van der Waals surface area contributed by atoms with E-state index in [9.17, 15) is 9.59 Å². The van der Waals surface area contributed by atoms with Crippen LogP contribution in [0.4, 0.5) is 0 Å². The molecule has 1 aromatic carbocycles. The highest BCUT2D eigenvalue weighted by molar-refractivity contribution is 5.94. The molecule has 2 rings (SSSR count). The molecule has 7 heteroatoms. The minimum absolute atomic E-state index is 0.155. The molecule has 0 unspecified atom stereocenters. The van der Waals surface area contributed by atoms with Gasteiger partial charge in [-0.1, -0.05) is 12.1 Å². The van der Waals surface area contributed by atoms with E-state index in [0.29, 0.717) is 31.5 Å². The fourth-order valence-corrected chi connectivity index (χ4v) is 1.90. The van der Waals surface area contributed by atoms with Crippen molar-refractivity contribution >= 4 is 11.9 Å². The molecule has 0 fully saturated rings. The average Bonchev–Trinajstić information content (AvgIpc) is 3.04. The summed E-state index contributed by atoms with van der Waals surface area (Å²) in [5, 5.41) is 6.80. The Bertz CT molecular complexity index is 608. The number of benzene rings is 1. The van der Waals surface area contributed by atoms with E-state index in [1.54, 1.807) is 23.1 Å². The summed E-state index contributed by atoms with van der Waals surface area (Å²) in [4.78, 5) is 26.8. The molecule has 1 aromatic heterocycles. The number of methoxy groups -OCH3 is 1. The van der Waals surface area contributed by atoms with Crippen LogP contribution >= 0.6 is 0 Å². The fraction of sp³-hybridized carbons (Fsp3) is 0.333. The Kier molecular flexibility index (Phi) is 5.65. The van der Waals surface area contributed by atoms with E-state index in [1.165, 1.54) is 13.4 Å². The van der Waals surface area contributed by atoms with Gasteiger partial charge in [0.25, 0.3) is 5.91 Å². The lowest BCUT2D eigenvalue weighted by molar-refractivity contribution is -0.140. The van der Waals surface area contributed by atoms with Crippen molar-refractivity contribution in [1.29, 1.82) is 0 Å². The number of hydrogen-bond acceptors (Lipinski definition) is 5. The van der Waals surface area contributed by atoms with Gasteiger partial charge in [0.1, 0.15) is 12.7 Å². The Morgan fingerprint density at radius 2 is 2.05 bits per heavy atom. The van der Waals surface area contributed by atoms with Crippen LogP contribution in [0.25, 0.3) is 0 Å². The van der Waals surface area contributed by atoms with E-state index in [0.717, 1.165) is 5.56 Å².